The Morgan fingerprint density at radius 2 is 2.19 bits per heavy atom. The highest BCUT2D eigenvalue weighted by Gasteiger charge is 2.14. The first-order valence-corrected chi connectivity index (χ1v) is 5.64. The number of carbonyl (C=O) groups excluding carboxylic acids is 1. The van der Waals surface area contributed by atoms with Gasteiger partial charge >= 0.3 is 0 Å². The molecule has 0 bridgehead atoms. The van der Waals surface area contributed by atoms with E-state index in [-0.39, 0.29) is 0 Å². The van der Waals surface area contributed by atoms with Crippen molar-refractivity contribution in [2.45, 2.75) is 19.3 Å². The summed E-state index contributed by atoms with van der Waals surface area (Å²) in [5.41, 5.74) is 2.71. The fourth-order valence-electron chi connectivity index (χ4n) is 2.04. The molecule has 2 heteroatoms. The molecule has 0 unspecified atom stereocenters. The van der Waals surface area contributed by atoms with E-state index in [0.717, 1.165) is 25.8 Å². The molecule has 1 aromatic carbocycles. The fourth-order valence-corrected chi connectivity index (χ4v) is 2.04. The topological polar surface area (TPSA) is 20.3 Å². The van der Waals surface area contributed by atoms with E-state index in [4.69, 9.17) is 0 Å². The van der Waals surface area contributed by atoms with Gasteiger partial charge in [-0.1, -0.05) is 30.0 Å². The predicted molar refractivity (Wildman–Crippen MR) is 65.4 cm³/mol. The smallest absolute Gasteiger partial charge is 0.131 e. The van der Waals surface area contributed by atoms with Gasteiger partial charge in [0.1, 0.15) is 6.29 Å². The fraction of sp³-hybridized carbons (Fsp3) is 0.357. The second-order valence-corrected chi connectivity index (χ2v) is 3.88. The van der Waals surface area contributed by atoms with Gasteiger partial charge in [0, 0.05) is 12.2 Å². The molecule has 0 N–H and O–H groups in total. The number of fused-ring (bicyclic) bond motifs is 1. The van der Waals surface area contributed by atoms with E-state index in [1.54, 1.807) is 0 Å². The quantitative estimate of drug-likeness (QED) is 0.553. The Labute approximate surface area is 96.3 Å². The summed E-state index contributed by atoms with van der Waals surface area (Å²) in [7, 11) is 0. The Bertz CT molecular complexity index is 428. The van der Waals surface area contributed by atoms with Gasteiger partial charge in [0.05, 0.1) is 13.0 Å². The number of rotatable bonds is 2. The molecular weight excluding hydrogens is 198 g/mol. The molecular formula is C14H15NO. The number of benzene rings is 1. The van der Waals surface area contributed by atoms with Gasteiger partial charge in [0.15, 0.2) is 0 Å². The molecule has 1 aliphatic heterocycles. The largest absolute Gasteiger partial charge is 0.360 e. The Kier molecular flexibility index (Phi) is 3.61. The van der Waals surface area contributed by atoms with Gasteiger partial charge < -0.3 is 9.69 Å². The van der Waals surface area contributed by atoms with Crippen LogP contribution in [0.1, 0.15) is 18.4 Å². The first-order chi connectivity index (χ1) is 7.92. The normalized spacial score (nSPS) is 13.6. The van der Waals surface area contributed by atoms with Crippen LogP contribution in [0.4, 0.5) is 5.69 Å². The number of para-hydroxylation sites is 1. The molecule has 0 amide bonds. The van der Waals surface area contributed by atoms with E-state index in [1.807, 2.05) is 0 Å². The maximum Gasteiger partial charge on any atom is 0.131 e. The van der Waals surface area contributed by atoms with Crippen LogP contribution in [-0.2, 0) is 11.2 Å². The molecule has 16 heavy (non-hydrogen) atoms. The van der Waals surface area contributed by atoms with Crippen LogP contribution >= 0.6 is 0 Å². The van der Waals surface area contributed by atoms with Gasteiger partial charge in [0.2, 0.25) is 0 Å². The number of anilines is 1. The summed E-state index contributed by atoms with van der Waals surface area (Å²) in [6.07, 6.45) is 3.54. The monoisotopic (exact) mass is 213 g/mol. The zero-order valence-electron chi connectivity index (χ0n) is 9.28. The Balaban J connectivity index is 2.08. The summed E-state index contributed by atoms with van der Waals surface area (Å²) in [6.45, 7) is 1.79. The van der Waals surface area contributed by atoms with Crippen molar-refractivity contribution in [3.8, 4) is 11.8 Å². The SMILES string of the molecule is O=CCC#CCN1CCCc2ccccc21. The third-order valence-corrected chi connectivity index (χ3v) is 2.79. The van der Waals surface area contributed by atoms with Crippen LogP contribution < -0.4 is 4.90 Å². The number of nitrogens with zero attached hydrogens (tertiary/aromatic N) is 1. The summed E-state index contributed by atoms with van der Waals surface area (Å²) in [6, 6.07) is 8.48. The van der Waals surface area contributed by atoms with E-state index in [2.05, 4.69) is 41.0 Å². The summed E-state index contributed by atoms with van der Waals surface area (Å²) < 4.78 is 0. The maximum atomic E-state index is 10.1. The zero-order valence-corrected chi connectivity index (χ0v) is 9.28. The highest BCUT2D eigenvalue weighted by atomic mass is 16.1. The van der Waals surface area contributed by atoms with Crippen molar-refractivity contribution in [3.05, 3.63) is 29.8 Å². The van der Waals surface area contributed by atoms with Crippen LogP contribution in [-0.4, -0.2) is 19.4 Å². The summed E-state index contributed by atoms with van der Waals surface area (Å²) in [5, 5.41) is 0. The van der Waals surface area contributed by atoms with Gasteiger partial charge in [-0.2, -0.15) is 0 Å². The van der Waals surface area contributed by atoms with E-state index < -0.39 is 0 Å². The predicted octanol–water partition coefficient (Wildman–Crippen LogP) is 2.03. The molecule has 0 fully saturated rings. The second-order valence-electron chi connectivity index (χ2n) is 3.88. The molecule has 0 aromatic heterocycles. The van der Waals surface area contributed by atoms with Crippen LogP contribution in [0.3, 0.4) is 0 Å². The Hall–Kier alpha value is -1.75. The van der Waals surface area contributed by atoms with Gasteiger partial charge in [-0.05, 0) is 24.5 Å². The van der Waals surface area contributed by atoms with Gasteiger partial charge in [-0.3, -0.25) is 0 Å². The van der Waals surface area contributed by atoms with Crippen LogP contribution in [0.25, 0.3) is 0 Å². The lowest BCUT2D eigenvalue weighted by atomic mass is 10.0. The number of hydrogen-bond acceptors (Lipinski definition) is 2. The number of aryl methyl sites for hydroxylation is 1. The number of aldehydes is 1. The summed E-state index contributed by atoms with van der Waals surface area (Å²) >= 11 is 0. The molecule has 0 saturated heterocycles. The molecule has 2 nitrogen and oxygen atoms in total. The number of carbonyl (C=O) groups is 1. The molecule has 0 atom stereocenters. The Morgan fingerprint density at radius 1 is 1.31 bits per heavy atom. The molecule has 2 rings (SSSR count). The zero-order chi connectivity index (χ0) is 11.2. The van der Waals surface area contributed by atoms with Crippen LogP contribution in [0, 0.1) is 11.8 Å². The minimum atomic E-state index is 0.343. The third-order valence-electron chi connectivity index (χ3n) is 2.79. The van der Waals surface area contributed by atoms with Gasteiger partial charge in [-0.15, -0.1) is 0 Å². The third kappa shape index (κ3) is 2.43. The molecule has 1 aliphatic rings. The first kappa shape index (κ1) is 10.8. The first-order valence-electron chi connectivity index (χ1n) is 5.64. The second kappa shape index (κ2) is 5.37. The minimum Gasteiger partial charge on any atom is -0.360 e. The van der Waals surface area contributed by atoms with Crippen LogP contribution in [0.2, 0.25) is 0 Å². The highest BCUT2D eigenvalue weighted by molar-refractivity contribution is 5.57. The van der Waals surface area contributed by atoms with Crippen molar-refractivity contribution in [2.75, 3.05) is 18.0 Å². The highest BCUT2D eigenvalue weighted by Crippen LogP contribution is 2.25. The molecule has 0 radical (unpaired) electrons. The Morgan fingerprint density at radius 3 is 3.06 bits per heavy atom. The van der Waals surface area contributed by atoms with E-state index >= 15 is 0 Å². The minimum absolute atomic E-state index is 0.343. The lowest BCUT2D eigenvalue weighted by molar-refractivity contribution is -0.107. The van der Waals surface area contributed by atoms with Crippen molar-refractivity contribution in [1.82, 2.24) is 0 Å². The van der Waals surface area contributed by atoms with E-state index in [0.29, 0.717) is 6.42 Å². The number of hydrogen-bond donors (Lipinski definition) is 0. The van der Waals surface area contributed by atoms with Crippen molar-refractivity contribution in [2.24, 2.45) is 0 Å². The standard InChI is InChI=1S/C14H15NO/c16-12-5-1-4-10-15-11-6-8-13-7-2-3-9-14(13)15/h2-3,7,9,12H,5-6,8,10-11H2. The van der Waals surface area contributed by atoms with Crippen molar-refractivity contribution in [3.63, 3.8) is 0 Å². The van der Waals surface area contributed by atoms with Crippen molar-refractivity contribution in [1.29, 1.82) is 0 Å². The summed E-state index contributed by atoms with van der Waals surface area (Å²) in [4.78, 5) is 12.4. The lowest BCUT2D eigenvalue weighted by Crippen LogP contribution is -2.29. The van der Waals surface area contributed by atoms with Crippen molar-refractivity contribution < 1.29 is 4.79 Å². The average molecular weight is 213 g/mol. The average Bonchev–Trinajstić information content (AvgIpc) is 2.35. The van der Waals surface area contributed by atoms with E-state index in [1.165, 1.54) is 17.7 Å². The molecule has 1 heterocycles. The summed E-state index contributed by atoms with van der Waals surface area (Å²) in [5.74, 6) is 5.90. The molecule has 0 aliphatic carbocycles. The van der Waals surface area contributed by atoms with E-state index in [9.17, 15) is 4.79 Å². The molecule has 0 saturated carbocycles. The molecule has 82 valence electrons. The lowest BCUT2D eigenvalue weighted by Gasteiger charge is -2.29. The van der Waals surface area contributed by atoms with Crippen LogP contribution in [0.5, 0.6) is 0 Å². The molecule has 0 spiro atoms. The van der Waals surface area contributed by atoms with Crippen LogP contribution in [0.15, 0.2) is 24.3 Å². The van der Waals surface area contributed by atoms with Gasteiger partial charge in [-0.25, -0.2) is 0 Å². The molecule has 1 aromatic rings. The maximum absolute atomic E-state index is 10.1. The van der Waals surface area contributed by atoms with Crippen molar-refractivity contribution >= 4 is 12.0 Å². The van der Waals surface area contributed by atoms with Gasteiger partial charge in [0.25, 0.3) is 0 Å².